The van der Waals surface area contributed by atoms with E-state index in [1.807, 2.05) is 18.3 Å². The number of aromatic nitrogens is 2. The minimum Gasteiger partial charge on any atom is -0.353 e. The van der Waals surface area contributed by atoms with Crippen LogP contribution >= 0.6 is 0 Å². The van der Waals surface area contributed by atoms with Crippen molar-refractivity contribution in [2.75, 3.05) is 18.0 Å². The van der Waals surface area contributed by atoms with Crippen molar-refractivity contribution in [3.63, 3.8) is 0 Å². The van der Waals surface area contributed by atoms with Gasteiger partial charge in [0.1, 0.15) is 0 Å². The highest BCUT2D eigenvalue weighted by Crippen LogP contribution is 2.25. The molecule has 0 aliphatic carbocycles. The number of nitrogens with zero attached hydrogens (tertiary/aromatic N) is 3. The summed E-state index contributed by atoms with van der Waals surface area (Å²) in [5, 5.41) is 10.7. The van der Waals surface area contributed by atoms with E-state index < -0.39 is 0 Å². The minimum atomic E-state index is 0.254. The lowest BCUT2D eigenvalue weighted by Gasteiger charge is -2.31. The zero-order valence-corrected chi connectivity index (χ0v) is 9.71. The molecule has 1 atom stereocenters. The molecule has 3 rings (SSSR count). The average Bonchev–Trinajstić information content (AvgIpc) is 2.38. The first-order chi connectivity index (χ1) is 8.34. The van der Waals surface area contributed by atoms with Crippen molar-refractivity contribution < 1.29 is 0 Å². The molecule has 0 spiro atoms. The maximum absolute atomic E-state index is 6.02. The summed E-state index contributed by atoms with van der Waals surface area (Å²) in [6.45, 7) is 1.90. The smallest absolute Gasteiger partial charge is 0.159 e. The van der Waals surface area contributed by atoms with Crippen molar-refractivity contribution in [3.05, 3.63) is 30.5 Å². The van der Waals surface area contributed by atoms with Crippen LogP contribution in [0.15, 0.2) is 30.5 Å². The first-order valence-electron chi connectivity index (χ1n) is 6.05. The molecule has 1 aliphatic rings. The summed E-state index contributed by atoms with van der Waals surface area (Å²) >= 11 is 0. The van der Waals surface area contributed by atoms with Crippen molar-refractivity contribution in [3.8, 4) is 0 Å². The zero-order chi connectivity index (χ0) is 11.7. The minimum absolute atomic E-state index is 0.254. The topological polar surface area (TPSA) is 55.0 Å². The molecule has 4 nitrogen and oxygen atoms in total. The van der Waals surface area contributed by atoms with Crippen LogP contribution in [0, 0.1) is 0 Å². The summed E-state index contributed by atoms with van der Waals surface area (Å²) in [6, 6.07) is 8.48. The molecule has 0 amide bonds. The molecule has 4 heteroatoms. The van der Waals surface area contributed by atoms with Crippen molar-refractivity contribution >= 4 is 16.6 Å². The van der Waals surface area contributed by atoms with Gasteiger partial charge < -0.3 is 10.6 Å². The van der Waals surface area contributed by atoms with Gasteiger partial charge in [0.15, 0.2) is 5.82 Å². The highest BCUT2D eigenvalue weighted by atomic mass is 15.3. The van der Waals surface area contributed by atoms with Gasteiger partial charge in [-0.05, 0) is 12.8 Å². The first-order valence-corrected chi connectivity index (χ1v) is 6.05. The number of fused-ring (bicyclic) bond motifs is 1. The van der Waals surface area contributed by atoms with Gasteiger partial charge in [0.25, 0.3) is 0 Å². The Hall–Kier alpha value is -1.68. The predicted octanol–water partition coefficient (Wildman–Crippen LogP) is 1.56. The fourth-order valence-electron chi connectivity index (χ4n) is 2.45. The molecule has 2 N–H and O–H groups in total. The van der Waals surface area contributed by atoms with E-state index in [1.165, 1.54) is 0 Å². The van der Waals surface area contributed by atoms with Gasteiger partial charge in [-0.3, -0.25) is 0 Å². The molecule has 2 aromatic rings. The van der Waals surface area contributed by atoms with Gasteiger partial charge in [-0.25, -0.2) is 0 Å². The third kappa shape index (κ3) is 1.96. The van der Waals surface area contributed by atoms with E-state index in [0.717, 1.165) is 42.5 Å². The Labute approximate surface area is 100 Å². The fraction of sp³-hybridized carbons (Fsp3) is 0.385. The number of anilines is 1. The van der Waals surface area contributed by atoms with E-state index >= 15 is 0 Å². The molecule has 0 radical (unpaired) electrons. The normalized spacial score (nSPS) is 20.8. The lowest BCUT2D eigenvalue weighted by molar-refractivity contribution is 0.503. The Kier molecular flexibility index (Phi) is 2.65. The Bertz CT molecular complexity index is 520. The lowest BCUT2D eigenvalue weighted by atomic mass is 10.1. The van der Waals surface area contributed by atoms with Gasteiger partial charge in [-0.15, -0.1) is 5.10 Å². The number of piperidine rings is 1. The Morgan fingerprint density at radius 3 is 3.06 bits per heavy atom. The molecule has 1 aromatic carbocycles. The molecule has 2 heterocycles. The fourth-order valence-corrected chi connectivity index (χ4v) is 2.45. The highest BCUT2D eigenvalue weighted by Gasteiger charge is 2.19. The highest BCUT2D eigenvalue weighted by molar-refractivity contribution is 5.91. The van der Waals surface area contributed by atoms with Crippen LogP contribution < -0.4 is 10.6 Å². The molecular formula is C13H16N4. The summed E-state index contributed by atoms with van der Waals surface area (Å²) in [5.74, 6) is 0.971. The van der Waals surface area contributed by atoms with Gasteiger partial charge in [0, 0.05) is 29.9 Å². The van der Waals surface area contributed by atoms with Crippen LogP contribution in [0.1, 0.15) is 12.8 Å². The first kappa shape index (κ1) is 10.5. The van der Waals surface area contributed by atoms with Crippen LogP contribution in [0.25, 0.3) is 10.8 Å². The molecule has 88 valence electrons. The van der Waals surface area contributed by atoms with Crippen LogP contribution in [-0.4, -0.2) is 29.3 Å². The van der Waals surface area contributed by atoms with E-state index in [9.17, 15) is 0 Å². The van der Waals surface area contributed by atoms with E-state index in [0.29, 0.717) is 0 Å². The van der Waals surface area contributed by atoms with Gasteiger partial charge in [0.05, 0.1) is 6.20 Å². The van der Waals surface area contributed by atoms with Gasteiger partial charge in [-0.1, -0.05) is 24.3 Å². The third-order valence-electron chi connectivity index (χ3n) is 3.31. The average molecular weight is 228 g/mol. The maximum atomic E-state index is 6.02. The van der Waals surface area contributed by atoms with Gasteiger partial charge in [-0.2, -0.15) is 5.10 Å². The monoisotopic (exact) mass is 228 g/mol. The zero-order valence-electron chi connectivity index (χ0n) is 9.71. The summed E-state index contributed by atoms with van der Waals surface area (Å²) < 4.78 is 0. The lowest BCUT2D eigenvalue weighted by Crippen LogP contribution is -2.43. The Balaban J connectivity index is 2.04. The molecule has 0 saturated carbocycles. The largest absolute Gasteiger partial charge is 0.353 e. The maximum Gasteiger partial charge on any atom is 0.159 e. The molecule has 1 fully saturated rings. The van der Waals surface area contributed by atoms with Crippen LogP contribution in [0.2, 0.25) is 0 Å². The second-order valence-electron chi connectivity index (χ2n) is 4.60. The Morgan fingerprint density at radius 1 is 1.29 bits per heavy atom. The molecule has 1 saturated heterocycles. The second-order valence-corrected chi connectivity index (χ2v) is 4.60. The predicted molar refractivity (Wildman–Crippen MR) is 69.0 cm³/mol. The van der Waals surface area contributed by atoms with E-state index in [1.54, 1.807) is 0 Å². The van der Waals surface area contributed by atoms with Crippen LogP contribution in [0.3, 0.4) is 0 Å². The molecule has 0 unspecified atom stereocenters. The summed E-state index contributed by atoms with van der Waals surface area (Å²) in [7, 11) is 0. The van der Waals surface area contributed by atoms with Crippen LogP contribution in [0.5, 0.6) is 0 Å². The van der Waals surface area contributed by atoms with E-state index in [4.69, 9.17) is 5.73 Å². The SMILES string of the molecule is N[C@@H]1CCCN(c2nncc3ccccc23)C1. The van der Waals surface area contributed by atoms with E-state index in [2.05, 4.69) is 27.2 Å². The summed E-state index contributed by atoms with van der Waals surface area (Å²) in [6.07, 6.45) is 4.05. The number of nitrogens with two attached hydrogens (primary N) is 1. The van der Waals surface area contributed by atoms with Crippen LogP contribution in [0.4, 0.5) is 5.82 Å². The van der Waals surface area contributed by atoms with Gasteiger partial charge in [0.2, 0.25) is 0 Å². The molecular weight excluding hydrogens is 212 g/mol. The van der Waals surface area contributed by atoms with Gasteiger partial charge >= 0.3 is 0 Å². The second kappa shape index (κ2) is 4.30. The number of hydrogen-bond donors (Lipinski definition) is 1. The van der Waals surface area contributed by atoms with E-state index in [-0.39, 0.29) is 6.04 Å². The summed E-state index contributed by atoms with van der Waals surface area (Å²) in [5.41, 5.74) is 6.02. The van der Waals surface area contributed by atoms with Crippen molar-refractivity contribution in [1.29, 1.82) is 0 Å². The molecule has 1 aliphatic heterocycles. The molecule has 17 heavy (non-hydrogen) atoms. The number of rotatable bonds is 1. The molecule has 1 aromatic heterocycles. The van der Waals surface area contributed by atoms with Crippen LogP contribution in [-0.2, 0) is 0 Å². The van der Waals surface area contributed by atoms with Crippen molar-refractivity contribution in [1.82, 2.24) is 10.2 Å². The van der Waals surface area contributed by atoms with Crippen molar-refractivity contribution in [2.45, 2.75) is 18.9 Å². The quantitative estimate of drug-likeness (QED) is 0.804. The standard InChI is InChI=1S/C13H16N4/c14-11-5-3-7-17(9-11)13-12-6-2-1-4-10(12)8-15-16-13/h1-2,4,6,8,11H,3,5,7,9,14H2/t11-/m1/s1. The Morgan fingerprint density at radius 2 is 2.18 bits per heavy atom. The number of benzene rings is 1. The number of hydrogen-bond acceptors (Lipinski definition) is 4. The van der Waals surface area contributed by atoms with Crippen molar-refractivity contribution in [2.24, 2.45) is 5.73 Å². The molecule has 0 bridgehead atoms. The third-order valence-corrected chi connectivity index (χ3v) is 3.31. The summed E-state index contributed by atoms with van der Waals surface area (Å²) in [4.78, 5) is 2.25.